The minimum Gasteiger partial charge on any atom is -0.381 e. The third kappa shape index (κ3) is 3.61. The van der Waals surface area contributed by atoms with Crippen molar-refractivity contribution in [1.29, 1.82) is 0 Å². The highest BCUT2D eigenvalue weighted by atomic mass is 16.5. The first-order valence-corrected chi connectivity index (χ1v) is 9.79. The van der Waals surface area contributed by atoms with Crippen molar-refractivity contribution >= 4 is 11.6 Å². The van der Waals surface area contributed by atoms with Gasteiger partial charge in [-0.15, -0.1) is 0 Å². The number of fused-ring (bicyclic) bond motifs is 1. The maximum Gasteiger partial charge on any atom is 0.222 e. The summed E-state index contributed by atoms with van der Waals surface area (Å²) in [6.07, 6.45) is 4.73. The van der Waals surface area contributed by atoms with Gasteiger partial charge >= 0.3 is 0 Å². The largest absolute Gasteiger partial charge is 0.381 e. The molecule has 2 saturated heterocycles. The van der Waals surface area contributed by atoms with E-state index in [4.69, 9.17) is 9.72 Å². The summed E-state index contributed by atoms with van der Waals surface area (Å²) in [6, 6.07) is 4.19. The van der Waals surface area contributed by atoms with Gasteiger partial charge in [-0.2, -0.15) is 5.10 Å². The number of aromatic nitrogens is 3. The van der Waals surface area contributed by atoms with Crippen LogP contribution in [0.3, 0.4) is 0 Å². The Kier molecular flexibility index (Phi) is 4.94. The van der Waals surface area contributed by atoms with Crippen molar-refractivity contribution in [2.24, 2.45) is 5.92 Å². The molecule has 0 bridgehead atoms. The minimum absolute atomic E-state index is 0.321. The van der Waals surface area contributed by atoms with Gasteiger partial charge in [0.1, 0.15) is 0 Å². The number of nitrogens with zero attached hydrogens (tertiary/aromatic N) is 4. The standard InChI is InChI=1S/C20H28N4O2/c1-14-11-19-21-18(12-15(2)24(19)22-14)17-3-7-23(8-4-17)20(25)13-16-5-9-26-10-6-16/h11-12,16-17H,3-10,13H2,1-2H3. The normalized spacial score (nSPS) is 20.0. The quantitative estimate of drug-likeness (QED) is 0.848. The number of amides is 1. The van der Waals surface area contributed by atoms with Crippen molar-refractivity contribution in [3.8, 4) is 0 Å². The molecule has 0 radical (unpaired) electrons. The molecule has 0 aliphatic carbocycles. The van der Waals surface area contributed by atoms with Crippen molar-refractivity contribution in [2.75, 3.05) is 26.3 Å². The third-order valence-electron chi connectivity index (χ3n) is 5.82. The van der Waals surface area contributed by atoms with E-state index in [0.717, 1.165) is 74.7 Å². The number of rotatable bonds is 3. The van der Waals surface area contributed by atoms with Crippen molar-refractivity contribution in [3.05, 3.63) is 29.2 Å². The van der Waals surface area contributed by atoms with Crippen LogP contribution in [0.2, 0.25) is 0 Å². The molecule has 2 aromatic rings. The van der Waals surface area contributed by atoms with Crippen LogP contribution >= 0.6 is 0 Å². The van der Waals surface area contributed by atoms with E-state index in [1.165, 1.54) is 0 Å². The number of hydrogen-bond acceptors (Lipinski definition) is 4. The van der Waals surface area contributed by atoms with E-state index >= 15 is 0 Å². The van der Waals surface area contributed by atoms with Crippen LogP contribution in [0.25, 0.3) is 5.65 Å². The van der Waals surface area contributed by atoms with Crippen LogP contribution in [0.15, 0.2) is 12.1 Å². The third-order valence-corrected chi connectivity index (χ3v) is 5.82. The molecule has 0 saturated carbocycles. The number of piperidine rings is 1. The smallest absolute Gasteiger partial charge is 0.222 e. The monoisotopic (exact) mass is 356 g/mol. The van der Waals surface area contributed by atoms with Crippen LogP contribution < -0.4 is 0 Å². The van der Waals surface area contributed by atoms with Gasteiger partial charge < -0.3 is 9.64 Å². The Morgan fingerprint density at radius 3 is 2.62 bits per heavy atom. The van der Waals surface area contributed by atoms with Crippen LogP contribution in [-0.4, -0.2) is 51.7 Å². The van der Waals surface area contributed by atoms with Gasteiger partial charge in [0, 0.05) is 56.1 Å². The van der Waals surface area contributed by atoms with E-state index in [-0.39, 0.29) is 0 Å². The molecule has 26 heavy (non-hydrogen) atoms. The highest BCUT2D eigenvalue weighted by Gasteiger charge is 2.27. The van der Waals surface area contributed by atoms with Crippen LogP contribution in [0, 0.1) is 19.8 Å². The van der Waals surface area contributed by atoms with Crippen LogP contribution in [0.1, 0.15) is 55.1 Å². The summed E-state index contributed by atoms with van der Waals surface area (Å²) in [6.45, 7) is 7.38. The molecule has 1 amide bonds. The van der Waals surface area contributed by atoms with Crippen LogP contribution in [0.5, 0.6) is 0 Å². The lowest BCUT2D eigenvalue weighted by molar-refractivity contribution is -0.134. The maximum atomic E-state index is 12.6. The molecule has 0 aromatic carbocycles. The van der Waals surface area contributed by atoms with Gasteiger partial charge in [0.2, 0.25) is 5.91 Å². The van der Waals surface area contributed by atoms with E-state index in [0.29, 0.717) is 24.2 Å². The zero-order valence-electron chi connectivity index (χ0n) is 15.8. The zero-order valence-corrected chi connectivity index (χ0v) is 15.8. The summed E-state index contributed by atoms with van der Waals surface area (Å²) >= 11 is 0. The first kappa shape index (κ1) is 17.5. The number of ether oxygens (including phenoxy) is 1. The SMILES string of the molecule is Cc1cc2nc(C3CCN(C(=O)CC4CCOCC4)CC3)cc(C)n2n1. The lowest BCUT2D eigenvalue weighted by Gasteiger charge is -2.33. The second-order valence-electron chi connectivity index (χ2n) is 7.79. The molecule has 4 rings (SSSR count). The number of carbonyl (C=O) groups is 1. The fourth-order valence-corrected chi connectivity index (χ4v) is 4.23. The van der Waals surface area contributed by atoms with Crippen molar-refractivity contribution in [1.82, 2.24) is 19.5 Å². The Bertz CT molecular complexity index is 786. The summed E-state index contributed by atoms with van der Waals surface area (Å²) in [5.41, 5.74) is 4.18. The van der Waals surface area contributed by atoms with E-state index in [9.17, 15) is 4.79 Å². The van der Waals surface area contributed by atoms with Crippen molar-refractivity contribution in [3.63, 3.8) is 0 Å². The summed E-state index contributed by atoms with van der Waals surface area (Å²) in [7, 11) is 0. The molecule has 0 spiro atoms. The number of aryl methyl sites for hydroxylation is 2. The molecular weight excluding hydrogens is 328 g/mol. The van der Waals surface area contributed by atoms with E-state index in [1.807, 2.05) is 17.5 Å². The molecule has 2 aliphatic heterocycles. The highest BCUT2D eigenvalue weighted by Crippen LogP contribution is 2.29. The van der Waals surface area contributed by atoms with Gasteiger partial charge in [0.15, 0.2) is 5.65 Å². The van der Waals surface area contributed by atoms with E-state index in [2.05, 4.69) is 23.0 Å². The molecule has 2 fully saturated rings. The topological polar surface area (TPSA) is 59.7 Å². The molecule has 0 N–H and O–H groups in total. The molecule has 2 aromatic heterocycles. The molecule has 2 aliphatic rings. The second kappa shape index (κ2) is 7.35. The van der Waals surface area contributed by atoms with Gasteiger partial charge in [-0.1, -0.05) is 0 Å². The van der Waals surface area contributed by atoms with Crippen molar-refractivity contribution < 1.29 is 9.53 Å². The number of hydrogen-bond donors (Lipinski definition) is 0. The lowest BCUT2D eigenvalue weighted by Crippen LogP contribution is -2.39. The summed E-state index contributed by atoms with van der Waals surface area (Å²) in [5.74, 6) is 1.26. The summed E-state index contributed by atoms with van der Waals surface area (Å²) in [4.78, 5) is 19.5. The lowest BCUT2D eigenvalue weighted by atomic mass is 9.91. The maximum absolute atomic E-state index is 12.6. The molecular formula is C20H28N4O2. The Morgan fingerprint density at radius 1 is 1.15 bits per heavy atom. The van der Waals surface area contributed by atoms with Gasteiger partial charge in [-0.3, -0.25) is 4.79 Å². The van der Waals surface area contributed by atoms with Gasteiger partial charge in [-0.25, -0.2) is 9.50 Å². The predicted molar refractivity (Wildman–Crippen MR) is 99.2 cm³/mol. The molecule has 6 nitrogen and oxygen atoms in total. The Balaban J connectivity index is 1.38. The average Bonchev–Trinajstić information content (AvgIpc) is 3.03. The number of likely N-dealkylation sites (tertiary alicyclic amines) is 1. The fraction of sp³-hybridized carbons (Fsp3) is 0.650. The van der Waals surface area contributed by atoms with E-state index in [1.54, 1.807) is 0 Å². The van der Waals surface area contributed by atoms with Gasteiger partial charge in [-0.05, 0) is 51.5 Å². The number of carbonyl (C=O) groups excluding carboxylic acids is 1. The average molecular weight is 356 g/mol. The van der Waals surface area contributed by atoms with Crippen molar-refractivity contribution in [2.45, 2.75) is 51.9 Å². The Morgan fingerprint density at radius 2 is 1.88 bits per heavy atom. The summed E-state index contributed by atoms with van der Waals surface area (Å²) in [5, 5.41) is 4.48. The van der Waals surface area contributed by atoms with E-state index < -0.39 is 0 Å². The summed E-state index contributed by atoms with van der Waals surface area (Å²) < 4.78 is 7.30. The predicted octanol–water partition coefficient (Wildman–Crippen LogP) is 2.87. The molecule has 0 atom stereocenters. The minimum atomic E-state index is 0.321. The Labute approximate surface area is 154 Å². The molecule has 6 heteroatoms. The fourth-order valence-electron chi connectivity index (χ4n) is 4.23. The first-order chi connectivity index (χ1) is 12.6. The van der Waals surface area contributed by atoms with Crippen LogP contribution in [-0.2, 0) is 9.53 Å². The molecule has 4 heterocycles. The Hall–Kier alpha value is -1.95. The second-order valence-corrected chi connectivity index (χ2v) is 7.79. The van der Waals surface area contributed by atoms with Gasteiger partial charge in [0.05, 0.1) is 5.69 Å². The zero-order chi connectivity index (χ0) is 18.1. The molecule has 140 valence electrons. The highest BCUT2D eigenvalue weighted by molar-refractivity contribution is 5.76. The van der Waals surface area contributed by atoms with Gasteiger partial charge in [0.25, 0.3) is 0 Å². The van der Waals surface area contributed by atoms with Crippen LogP contribution in [0.4, 0.5) is 0 Å². The molecule has 0 unspecified atom stereocenters. The first-order valence-electron chi connectivity index (χ1n) is 9.79.